The standard InChI is InChI=1S/C18H18FN5O3S2/c1-11(2)24(3)29(26,27)23-17(25)15-6-4-5-14(22-15)16-10-21-18(28-16)12-7-13(19)9-20-8-12/h4-11H,1-3H3,(H,23,25). The summed E-state index contributed by atoms with van der Waals surface area (Å²) in [6.45, 7) is 3.39. The van der Waals surface area contributed by atoms with E-state index in [2.05, 4.69) is 15.0 Å². The van der Waals surface area contributed by atoms with Crippen LogP contribution in [0.25, 0.3) is 21.1 Å². The van der Waals surface area contributed by atoms with E-state index in [1.807, 2.05) is 4.72 Å². The molecule has 0 spiro atoms. The molecule has 11 heteroatoms. The van der Waals surface area contributed by atoms with Crippen LogP contribution in [0.5, 0.6) is 0 Å². The van der Waals surface area contributed by atoms with Crippen LogP contribution in [-0.2, 0) is 10.2 Å². The van der Waals surface area contributed by atoms with Crippen LogP contribution in [0.1, 0.15) is 24.3 Å². The highest BCUT2D eigenvalue weighted by Crippen LogP contribution is 2.31. The van der Waals surface area contributed by atoms with Crippen molar-refractivity contribution in [3.05, 3.63) is 54.4 Å². The predicted octanol–water partition coefficient (Wildman–Crippen LogP) is 2.72. The van der Waals surface area contributed by atoms with Crippen LogP contribution in [0, 0.1) is 5.82 Å². The zero-order chi connectivity index (χ0) is 21.2. The lowest BCUT2D eigenvalue weighted by Crippen LogP contribution is -2.44. The molecular formula is C18H18FN5O3S2. The molecule has 0 unspecified atom stereocenters. The van der Waals surface area contributed by atoms with E-state index in [1.54, 1.807) is 32.2 Å². The van der Waals surface area contributed by atoms with Crippen molar-refractivity contribution in [2.45, 2.75) is 19.9 Å². The van der Waals surface area contributed by atoms with Gasteiger partial charge in [-0.25, -0.2) is 19.1 Å². The van der Waals surface area contributed by atoms with Crippen molar-refractivity contribution in [3.63, 3.8) is 0 Å². The van der Waals surface area contributed by atoms with Crippen molar-refractivity contribution in [1.82, 2.24) is 24.0 Å². The zero-order valence-corrected chi connectivity index (χ0v) is 17.5. The van der Waals surface area contributed by atoms with Crippen LogP contribution in [0.4, 0.5) is 4.39 Å². The molecule has 1 N–H and O–H groups in total. The largest absolute Gasteiger partial charge is 0.304 e. The molecule has 0 bridgehead atoms. The Kier molecular flexibility index (Phi) is 6.01. The normalized spacial score (nSPS) is 11.8. The highest BCUT2D eigenvalue weighted by Gasteiger charge is 2.24. The Balaban J connectivity index is 1.84. The highest BCUT2D eigenvalue weighted by atomic mass is 32.2. The average molecular weight is 436 g/mol. The van der Waals surface area contributed by atoms with Gasteiger partial charge in [0, 0.05) is 31.0 Å². The minimum atomic E-state index is -3.98. The van der Waals surface area contributed by atoms with Crippen molar-refractivity contribution in [3.8, 4) is 21.1 Å². The first-order chi connectivity index (χ1) is 13.7. The lowest BCUT2D eigenvalue weighted by molar-refractivity contribution is 0.0974. The molecule has 1 amide bonds. The summed E-state index contributed by atoms with van der Waals surface area (Å²) < 4.78 is 40.9. The number of carbonyl (C=O) groups is 1. The number of hydrogen-bond acceptors (Lipinski definition) is 7. The van der Waals surface area contributed by atoms with Crippen LogP contribution in [0.2, 0.25) is 0 Å². The maximum Gasteiger partial charge on any atom is 0.304 e. The molecule has 3 aromatic rings. The Hall–Kier alpha value is -2.76. The van der Waals surface area contributed by atoms with Gasteiger partial charge in [0.2, 0.25) is 0 Å². The molecule has 0 aliphatic heterocycles. The molecule has 0 aliphatic carbocycles. The van der Waals surface area contributed by atoms with Gasteiger partial charge in [-0.2, -0.15) is 12.7 Å². The number of hydrogen-bond donors (Lipinski definition) is 1. The molecule has 3 rings (SSSR count). The van der Waals surface area contributed by atoms with E-state index >= 15 is 0 Å². The van der Waals surface area contributed by atoms with Crippen LogP contribution in [-0.4, -0.2) is 46.7 Å². The summed E-state index contributed by atoms with van der Waals surface area (Å²) in [5.41, 5.74) is 0.920. The Morgan fingerprint density at radius 3 is 2.69 bits per heavy atom. The second-order valence-electron chi connectivity index (χ2n) is 6.38. The second kappa shape index (κ2) is 8.31. The number of nitrogens with one attached hydrogen (secondary N) is 1. The summed E-state index contributed by atoms with van der Waals surface area (Å²) in [6, 6.07) is 5.70. The fourth-order valence-electron chi connectivity index (χ4n) is 2.27. The third kappa shape index (κ3) is 4.81. The summed E-state index contributed by atoms with van der Waals surface area (Å²) in [6.07, 6.45) is 4.16. The fraction of sp³-hybridized carbons (Fsp3) is 0.222. The number of halogens is 1. The summed E-state index contributed by atoms with van der Waals surface area (Å²) >= 11 is 1.25. The van der Waals surface area contributed by atoms with E-state index in [1.165, 1.54) is 36.7 Å². The third-order valence-corrected chi connectivity index (χ3v) is 6.71. The van der Waals surface area contributed by atoms with Crippen LogP contribution in [0.3, 0.4) is 0 Å². The maximum absolute atomic E-state index is 13.4. The molecular weight excluding hydrogens is 417 g/mol. The maximum atomic E-state index is 13.4. The van der Waals surface area contributed by atoms with Crippen LogP contribution >= 0.6 is 11.3 Å². The van der Waals surface area contributed by atoms with Gasteiger partial charge in [-0.05, 0) is 32.0 Å². The molecule has 0 saturated carbocycles. The molecule has 3 heterocycles. The summed E-state index contributed by atoms with van der Waals surface area (Å²) in [5, 5.41) is 0.546. The molecule has 8 nitrogen and oxygen atoms in total. The Morgan fingerprint density at radius 2 is 2.00 bits per heavy atom. The van der Waals surface area contributed by atoms with Gasteiger partial charge < -0.3 is 0 Å². The zero-order valence-electron chi connectivity index (χ0n) is 15.8. The minimum Gasteiger partial charge on any atom is -0.266 e. The number of pyridine rings is 2. The monoisotopic (exact) mass is 435 g/mol. The van der Waals surface area contributed by atoms with Gasteiger partial charge in [0.1, 0.15) is 16.5 Å². The van der Waals surface area contributed by atoms with Crippen molar-refractivity contribution >= 4 is 27.5 Å². The summed E-state index contributed by atoms with van der Waals surface area (Å²) in [4.78, 5) is 25.3. The Labute approximate surface area is 171 Å². The van der Waals surface area contributed by atoms with Crippen LogP contribution in [0.15, 0.2) is 42.9 Å². The van der Waals surface area contributed by atoms with E-state index in [-0.39, 0.29) is 11.7 Å². The molecule has 0 aromatic carbocycles. The highest BCUT2D eigenvalue weighted by molar-refractivity contribution is 7.87. The van der Waals surface area contributed by atoms with Gasteiger partial charge in [-0.15, -0.1) is 11.3 Å². The average Bonchev–Trinajstić information content (AvgIpc) is 3.17. The first-order valence-electron chi connectivity index (χ1n) is 8.51. The smallest absolute Gasteiger partial charge is 0.266 e. The fourth-order valence-corrected chi connectivity index (χ4v) is 4.18. The molecule has 0 atom stereocenters. The second-order valence-corrected chi connectivity index (χ2v) is 9.14. The SMILES string of the molecule is CC(C)N(C)S(=O)(=O)NC(=O)c1cccc(-c2cnc(-c3cncc(F)c3)s2)n1. The van der Waals surface area contributed by atoms with E-state index in [4.69, 9.17) is 0 Å². The molecule has 3 aromatic heterocycles. The van der Waals surface area contributed by atoms with E-state index in [0.717, 1.165) is 10.5 Å². The lowest BCUT2D eigenvalue weighted by Gasteiger charge is -2.20. The Morgan fingerprint density at radius 1 is 1.24 bits per heavy atom. The van der Waals surface area contributed by atoms with Crippen molar-refractivity contribution < 1.29 is 17.6 Å². The van der Waals surface area contributed by atoms with Gasteiger partial charge in [0.15, 0.2) is 0 Å². The molecule has 0 radical (unpaired) electrons. The number of aromatic nitrogens is 3. The molecule has 0 aliphatic rings. The van der Waals surface area contributed by atoms with Gasteiger partial charge >= 0.3 is 10.2 Å². The molecule has 0 saturated heterocycles. The van der Waals surface area contributed by atoms with Gasteiger partial charge in [0.05, 0.1) is 16.8 Å². The first-order valence-corrected chi connectivity index (χ1v) is 10.8. The van der Waals surface area contributed by atoms with E-state index in [9.17, 15) is 17.6 Å². The third-order valence-electron chi connectivity index (χ3n) is 4.02. The van der Waals surface area contributed by atoms with Gasteiger partial charge in [-0.1, -0.05) is 6.07 Å². The number of carbonyl (C=O) groups excluding carboxylic acids is 1. The lowest BCUT2D eigenvalue weighted by atomic mass is 10.2. The van der Waals surface area contributed by atoms with Gasteiger partial charge in [-0.3, -0.25) is 9.78 Å². The van der Waals surface area contributed by atoms with Crippen LogP contribution < -0.4 is 4.72 Å². The van der Waals surface area contributed by atoms with Gasteiger partial charge in [0.25, 0.3) is 5.91 Å². The molecule has 29 heavy (non-hydrogen) atoms. The number of nitrogens with zero attached hydrogens (tertiary/aromatic N) is 4. The van der Waals surface area contributed by atoms with E-state index < -0.39 is 21.9 Å². The first kappa shape index (κ1) is 21.0. The van der Waals surface area contributed by atoms with Crippen molar-refractivity contribution in [1.29, 1.82) is 0 Å². The predicted molar refractivity (Wildman–Crippen MR) is 108 cm³/mol. The van der Waals surface area contributed by atoms with E-state index in [0.29, 0.717) is 21.1 Å². The van der Waals surface area contributed by atoms with Crippen molar-refractivity contribution in [2.24, 2.45) is 0 Å². The quantitative estimate of drug-likeness (QED) is 0.638. The number of thiazole rings is 1. The number of rotatable bonds is 6. The van der Waals surface area contributed by atoms with Crippen molar-refractivity contribution in [2.75, 3.05) is 7.05 Å². The Bertz CT molecular complexity index is 1150. The number of amides is 1. The minimum absolute atomic E-state index is 0.0504. The summed E-state index contributed by atoms with van der Waals surface area (Å²) in [5.74, 6) is -1.30. The molecule has 152 valence electrons. The summed E-state index contributed by atoms with van der Waals surface area (Å²) in [7, 11) is -2.60. The molecule has 0 fully saturated rings. The topological polar surface area (TPSA) is 105 Å².